The van der Waals surface area contributed by atoms with Gasteiger partial charge in [-0.25, -0.2) is 0 Å². The third-order valence-electron chi connectivity index (χ3n) is 1.98. The van der Waals surface area contributed by atoms with Gasteiger partial charge in [-0.05, 0) is 41.7 Å². The molecule has 0 amide bonds. The first-order chi connectivity index (χ1) is 10.2. The molecule has 124 valence electrons. The van der Waals surface area contributed by atoms with Gasteiger partial charge >= 0.3 is 0 Å². The van der Waals surface area contributed by atoms with Gasteiger partial charge in [-0.3, -0.25) is 0 Å². The average molecular weight is 304 g/mol. The molecule has 2 heteroatoms. The summed E-state index contributed by atoms with van der Waals surface area (Å²) < 4.78 is 0. The topological polar surface area (TPSA) is 37.3 Å². The molecule has 0 atom stereocenters. The van der Waals surface area contributed by atoms with E-state index in [1.54, 1.807) is 12.1 Å². The van der Waals surface area contributed by atoms with Crippen LogP contribution in [-0.4, -0.2) is 11.9 Å². The lowest BCUT2D eigenvalue weighted by Crippen LogP contribution is -1.74. The largest absolute Gasteiger partial charge is 0.508 e. The van der Waals surface area contributed by atoms with E-state index < -0.39 is 0 Å². The molecule has 0 aliphatic carbocycles. The highest BCUT2D eigenvalue weighted by Gasteiger charge is 1.94. The van der Waals surface area contributed by atoms with E-state index >= 15 is 0 Å². The Balaban J connectivity index is 0. The fourth-order valence-corrected chi connectivity index (χ4v) is 1.35. The second-order valence-corrected chi connectivity index (χ2v) is 6.50. The molecule has 0 unspecified atom stereocenters. The van der Waals surface area contributed by atoms with E-state index in [1.807, 2.05) is 25.0 Å². The highest BCUT2D eigenvalue weighted by atomic mass is 16.3. The van der Waals surface area contributed by atoms with Gasteiger partial charge in [0.05, 0.1) is 0 Å². The van der Waals surface area contributed by atoms with Crippen molar-refractivity contribution >= 4 is 17.6 Å². The maximum atomic E-state index is 9.20. The van der Waals surface area contributed by atoms with E-state index in [9.17, 15) is 5.11 Å². The van der Waals surface area contributed by atoms with E-state index in [-0.39, 0.29) is 0 Å². The van der Waals surface area contributed by atoms with Gasteiger partial charge in [0.15, 0.2) is 0 Å². The first-order valence-corrected chi connectivity index (χ1v) is 7.70. The molecule has 0 bridgehead atoms. The maximum Gasteiger partial charge on any atom is 0.116 e. The highest BCUT2D eigenvalue weighted by molar-refractivity contribution is 5.84. The number of carbonyl (C=O) groups is 1. The normalized spacial score (nSPS) is 9.14. The van der Waals surface area contributed by atoms with Crippen LogP contribution in [0.15, 0.2) is 36.4 Å². The fraction of sp³-hybridized carbons (Fsp3) is 0.450. The minimum Gasteiger partial charge on any atom is -0.508 e. The van der Waals surface area contributed by atoms with Gasteiger partial charge in [-0.15, -0.1) is 0 Å². The predicted molar refractivity (Wildman–Crippen MR) is 98.5 cm³/mol. The number of aryl methyl sites for hydroxylation is 1. The van der Waals surface area contributed by atoms with Gasteiger partial charge in [-0.2, -0.15) is 0 Å². The molecule has 2 aromatic carbocycles. The number of hydrogen-bond donors (Lipinski definition) is 1. The van der Waals surface area contributed by atoms with Crippen molar-refractivity contribution in [3.63, 3.8) is 0 Å². The number of phenols is 1. The summed E-state index contributed by atoms with van der Waals surface area (Å²) in [5.41, 5.74) is 1.24. The number of rotatable bonds is 0. The number of aromatic hydroxyl groups is 1. The Bertz CT molecular complexity index is 463. The van der Waals surface area contributed by atoms with E-state index in [4.69, 9.17) is 4.79 Å². The van der Waals surface area contributed by atoms with Crippen LogP contribution in [0.5, 0.6) is 5.75 Å². The van der Waals surface area contributed by atoms with Crippen LogP contribution in [0.25, 0.3) is 10.8 Å². The molecule has 2 rings (SSSR count). The maximum absolute atomic E-state index is 9.20. The lowest BCUT2D eigenvalue weighted by molar-refractivity contribution is -0.0979. The summed E-state index contributed by atoms with van der Waals surface area (Å²) in [6.07, 6.45) is 0. The van der Waals surface area contributed by atoms with E-state index in [2.05, 4.69) is 54.5 Å². The van der Waals surface area contributed by atoms with Crippen LogP contribution in [0.1, 0.15) is 47.1 Å². The van der Waals surface area contributed by atoms with Crippen LogP contribution in [0.2, 0.25) is 0 Å². The molecule has 0 saturated heterocycles. The van der Waals surface area contributed by atoms with Crippen molar-refractivity contribution in [3.05, 3.63) is 42.0 Å². The lowest BCUT2D eigenvalue weighted by Gasteiger charge is -1.99. The molecule has 0 fully saturated rings. The van der Waals surface area contributed by atoms with Gasteiger partial charge in [0.25, 0.3) is 0 Å². The van der Waals surface area contributed by atoms with Gasteiger partial charge in [0.1, 0.15) is 12.5 Å². The molecule has 0 radical (unpaired) electrons. The molecular weight excluding hydrogens is 272 g/mol. The van der Waals surface area contributed by atoms with Gasteiger partial charge in [0, 0.05) is 0 Å². The third kappa shape index (κ3) is 13.2. The molecule has 22 heavy (non-hydrogen) atoms. The number of benzene rings is 2. The van der Waals surface area contributed by atoms with E-state index in [0.717, 1.165) is 17.2 Å². The average Bonchev–Trinajstić information content (AvgIpc) is 2.40. The first-order valence-electron chi connectivity index (χ1n) is 7.70. The summed E-state index contributed by atoms with van der Waals surface area (Å²) in [6.45, 7) is 17.1. The molecule has 1 N–H and O–H groups in total. The predicted octanol–water partition coefficient (Wildman–Crippen LogP) is 5.99. The zero-order chi connectivity index (χ0) is 17.7. The fourth-order valence-electron chi connectivity index (χ4n) is 1.35. The highest BCUT2D eigenvalue weighted by Crippen LogP contribution is 2.20. The van der Waals surface area contributed by atoms with Crippen LogP contribution in [0, 0.1) is 18.8 Å². The number of fused-ring (bicyclic) bond motifs is 1. The number of phenolic OH excluding ortho intramolecular Hbond substituents is 1. The van der Waals surface area contributed by atoms with Crippen molar-refractivity contribution in [2.45, 2.75) is 48.5 Å². The summed E-state index contributed by atoms with van der Waals surface area (Å²) in [5, 5.41) is 11.5. The minimum absolute atomic E-state index is 0.325. The van der Waals surface area contributed by atoms with Crippen molar-refractivity contribution in [3.8, 4) is 5.75 Å². The first kappa shape index (κ1) is 22.5. The van der Waals surface area contributed by atoms with Crippen molar-refractivity contribution in [2.75, 3.05) is 0 Å². The van der Waals surface area contributed by atoms with Crippen molar-refractivity contribution < 1.29 is 9.90 Å². The number of carbonyl (C=O) groups excluding carboxylic acids is 1. The van der Waals surface area contributed by atoms with Crippen LogP contribution >= 0.6 is 0 Å². The SMILES string of the molecule is C=O.CC(C)C.CC(C)C.Cc1ccc2cc(O)ccc2c1. The quantitative estimate of drug-likeness (QED) is 0.648. The van der Waals surface area contributed by atoms with Crippen molar-refractivity contribution in [1.82, 2.24) is 0 Å². The van der Waals surface area contributed by atoms with Gasteiger partial charge in [0.2, 0.25) is 0 Å². The second kappa shape index (κ2) is 12.9. The molecule has 0 heterocycles. The zero-order valence-corrected chi connectivity index (χ0v) is 15.2. The summed E-state index contributed by atoms with van der Waals surface area (Å²) in [6, 6.07) is 11.6. The summed E-state index contributed by atoms with van der Waals surface area (Å²) >= 11 is 0. The van der Waals surface area contributed by atoms with E-state index in [0.29, 0.717) is 5.75 Å². The summed E-state index contributed by atoms with van der Waals surface area (Å²) in [5.74, 6) is 1.99. The Morgan fingerprint density at radius 3 is 1.59 bits per heavy atom. The van der Waals surface area contributed by atoms with Gasteiger partial charge in [-0.1, -0.05) is 71.4 Å². The molecule has 0 aliphatic heterocycles. The standard InChI is InChI=1S/C11H10O.2C4H10.CH2O/c1-8-2-3-10-7-11(12)5-4-9(10)6-8;2*1-4(2)3;1-2/h2-7,12H,1H3;2*4H,1-3H3;1H2. The van der Waals surface area contributed by atoms with Crippen molar-refractivity contribution in [2.24, 2.45) is 11.8 Å². The Hall–Kier alpha value is -1.83. The third-order valence-corrected chi connectivity index (χ3v) is 1.98. The van der Waals surface area contributed by atoms with Crippen LogP contribution in [0.4, 0.5) is 0 Å². The Morgan fingerprint density at radius 1 is 0.773 bits per heavy atom. The summed E-state index contributed by atoms with van der Waals surface area (Å²) in [4.78, 5) is 8.00. The smallest absolute Gasteiger partial charge is 0.116 e. The molecule has 0 aromatic heterocycles. The van der Waals surface area contributed by atoms with Crippen LogP contribution < -0.4 is 0 Å². The Morgan fingerprint density at radius 2 is 1.14 bits per heavy atom. The molecule has 0 spiro atoms. The van der Waals surface area contributed by atoms with Crippen LogP contribution in [0.3, 0.4) is 0 Å². The molecule has 0 aliphatic rings. The Kier molecular flexibility index (Phi) is 13.1. The summed E-state index contributed by atoms with van der Waals surface area (Å²) in [7, 11) is 0. The Labute approximate surface area is 136 Å². The minimum atomic E-state index is 0.325. The second-order valence-electron chi connectivity index (χ2n) is 6.50. The molecule has 0 saturated carbocycles. The number of hydrogen-bond acceptors (Lipinski definition) is 2. The molecular formula is C20H32O2. The lowest BCUT2D eigenvalue weighted by atomic mass is 10.1. The monoisotopic (exact) mass is 304 g/mol. The van der Waals surface area contributed by atoms with E-state index in [1.165, 1.54) is 10.9 Å². The van der Waals surface area contributed by atoms with Crippen LogP contribution in [-0.2, 0) is 4.79 Å². The van der Waals surface area contributed by atoms with Crippen molar-refractivity contribution in [1.29, 1.82) is 0 Å². The molecule has 2 aromatic rings. The zero-order valence-electron chi connectivity index (χ0n) is 15.2. The van der Waals surface area contributed by atoms with Gasteiger partial charge < -0.3 is 9.90 Å². The molecule has 2 nitrogen and oxygen atoms in total.